The van der Waals surface area contributed by atoms with Crippen LogP contribution in [0.4, 0.5) is 0 Å². The number of carbonyl (C=O) groups is 1. The monoisotopic (exact) mass is 291 g/mol. The molecule has 0 unspecified atom stereocenters. The summed E-state index contributed by atoms with van der Waals surface area (Å²) in [6.07, 6.45) is 3.12. The van der Waals surface area contributed by atoms with Gasteiger partial charge in [0.15, 0.2) is 11.5 Å². The van der Waals surface area contributed by atoms with Crippen LogP contribution in [0.25, 0.3) is 0 Å². The second-order valence-electron chi connectivity index (χ2n) is 5.84. The third-order valence-corrected chi connectivity index (χ3v) is 4.04. The molecule has 0 aromatic heterocycles. The highest BCUT2D eigenvalue weighted by molar-refractivity contribution is 5.94. The van der Waals surface area contributed by atoms with Crippen LogP contribution >= 0.6 is 0 Å². The number of methoxy groups -OCH3 is 1. The van der Waals surface area contributed by atoms with Crippen LogP contribution in [0.15, 0.2) is 18.2 Å². The Balaban J connectivity index is 1.62. The van der Waals surface area contributed by atoms with Gasteiger partial charge in [0.1, 0.15) is 0 Å². The van der Waals surface area contributed by atoms with Crippen LogP contribution in [0.2, 0.25) is 0 Å². The van der Waals surface area contributed by atoms with Gasteiger partial charge in [-0.3, -0.25) is 4.79 Å². The first-order valence-corrected chi connectivity index (χ1v) is 7.39. The van der Waals surface area contributed by atoms with Crippen molar-refractivity contribution in [3.05, 3.63) is 23.8 Å². The van der Waals surface area contributed by atoms with Crippen molar-refractivity contribution in [3.63, 3.8) is 0 Å². The minimum Gasteiger partial charge on any atom is -0.489 e. The van der Waals surface area contributed by atoms with Crippen molar-refractivity contribution in [2.75, 3.05) is 33.5 Å². The van der Waals surface area contributed by atoms with Crippen LogP contribution < -0.4 is 14.8 Å². The Morgan fingerprint density at radius 1 is 1.29 bits per heavy atom. The number of amides is 1. The van der Waals surface area contributed by atoms with Gasteiger partial charge in [-0.1, -0.05) is 0 Å². The Kier molecular flexibility index (Phi) is 4.01. The number of hydrogen-bond donors (Lipinski definition) is 1. The molecule has 1 spiro atoms. The van der Waals surface area contributed by atoms with Crippen LogP contribution in [0.3, 0.4) is 0 Å². The summed E-state index contributed by atoms with van der Waals surface area (Å²) in [4.78, 5) is 12.1. The van der Waals surface area contributed by atoms with Crippen molar-refractivity contribution in [1.29, 1.82) is 0 Å². The van der Waals surface area contributed by atoms with Crippen LogP contribution in [0, 0.1) is 5.41 Å². The molecule has 2 aliphatic rings. The third kappa shape index (κ3) is 3.29. The fourth-order valence-electron chi connectivity index (χ4n) is 2.37. The van der Waals surface area contributed by atoms with Crippen molar-refractivity contribution in [1.82, 2.24) is 5.32 Å². The van der Waals surface area contributed by atoms with Gasteiger partial charge in [-0.15, -0.1) is 0 Å². The molecule has 21 heavy (non-hydrogen) atoms. The van der Waals surface area contributed by atoms with Gasteiger partial charge < -0.3 is 19.5 Å². The first kappa shape index (κ1) is 14.2. The molecule has 1 aromatic carbocycles. The predicted octanol–water partition coefficient (Wildman–Crippen LogP) is 2.00. The highest BCUT2D eigenvalue weighted by Gasteiger charge is 2.46. The second-order valence-corrected chi connectivity index (χ2v) is 5.84. The maximum absolute atomic E-state index is 12.1. The number of nitrogens with one attached hydrogen (secondary N) is 1. The average Bonchev–Trinajstić information content (AvgIpc) is 3.30. The number of fused-ring (bicyclic) bond motifs is 1. The summed E-state index contributed by atoms with van der Waals surface area (Å²) in [6, 6.07) is 5.36. The summed E-state index contributed by atoms with van der Waals surface area (Å²) in [6.45, 7) is 2.63. The van der Waals surface area contributed by atoms with E-state index in [0.717, 1.165) is 25.0 Å². The van der Waals surface area contributed by atoms with Gasteiger partial charge in [0.05, 0.1) is 13.2 Å². The van der Waals surface area contributed by atoms with Crippen molar-refractivity contribution in [2.45, 2.75) is 19.3 Å². The topological polar surface area (TPSA) is 56.8 Å². The molecule has 0 atom stereocenters. The van der Waals surface area contributed by atoms with Crippen molar-refractivity contribution >= 4 is 5.91 Å². The molecule has 114 valence electrons. The van der Waals surface area contributed by atoms with Gasteiger partial charge in [-0.05, 0) is 37.5 Å². The van der Waals surface area contributed by atoms with E-state index in [0.29, 0.717) is 37.7 Å². The molecule has 0 saturated heterocycles. The summed E-state index contributed by atoms with van der Waals surface area (Å²) in [5.74, 6) is 1.31. The Morgan fingerprint density at radius 2 is 2.05 bits per heavy atom. The summed E-state index contributed by atoms with van der Waals surface area (Å²) in [5.41, 5.74) is 0.809. The molecule has 1 aromatic rings. The molecule has 3 rings (SSSR count). The lowest BCUT2D eigenvalue weighted by molar-refractivity contribution is 0.0948. The summed E-state index contributed by atoms with van der Waals surface area (Å²) in [5, 5.41) is 2.87. The third-order valence-electron chi connectivity index (χ3n) is 4.04. The molecule has 1 amide bonds. The van der Waals surface area contributed by atoms with Crippen molar-refractivity contribution in [2.24, 2.45) is 5.41 Å². The largest absolute Gasteiger partial charge is 0.489 e. The fraction of sp³-hybridized carbons (Fsp3) is 0.562. The molecule has 0 bridgehead atoms. The zero-order chi connectivity index (χ0) is 14.7. The SMILES string of the molecule is COCCCNC(=O)c1ccc2c(c1)OCC1(CC1)CO2. The smallest absolute Gasteiger partial charge is 0.251 e. The van der Waals surface area contributed by atoms with Crippen LogP contribution in [0.5, 0.6) is 11.5 Å². The first-order chi connectivity index (χ1) is 10.2. The molecule has 5 heteroatoms. The van der Waals surface area contributed by atoms with Gasteiger partial charge in [0, 0.05) is 31.2 Å². The van der Waals surface area contributed by atoms with Crippen LogP contribution in [-0.2, 0) is 4.74 Å². The Morgan fingerprint density at radius 3 is 2.76 bits per heavy atom. The number of hydrogen-bond acceptors (Lipinski definition) is 4. The quantitative estimate of drug-likeness (QED) is 0.843. The molecule has 1 aliphatic carbocycles. The lowest BCUT2D eigenvalue weighted by atomic mass is 10.1. The highest BCUT2D eigenvalue weighted by Crippen LogP contribution is 2.49. The van der Waals surface area contributed by atoms with E-state index in [1.54, 1.807) is 19.2 Å². The van der Waals surface area contributed by atoms with E-state index in [4.69, 9.17) is 14.2 Å². The van der Waals surface area contributed by atoms with E-state index in [-0.39, 0.29) is 11.3 Å². The average molecular weight is 291 g/mol. The van der Waals surface area contributed by atoms with Gasteiger partial charge in [0.25, 0.3) is 5.91 Å². The summed E-state index contributed by atoms with van der Waals surface area (Å²) in [7, 11) is 1.65. The lowest BCUT2D eigenvalue weighted by Crippen LogP contribution is -2.25. The molecule has 1 heterocycles. The number of rotatable bonds is 5. The maximum atomic E-state index is 12.1. The Hall–Kier alpha value is -1.75. The van der Waals surface area contributed by atoms with E-state index < -0.39 is 0 Å². The second kappa shape index (κ2) is 5.93. The molecule has 1 aliphatic heterocycles. The number of ether oxygens (including phenoxy) is 3. The fourth-order valence-corrected chi connectivity index (χ4v) is 2.37. The van der Waals surface area contributed by atoms with Gasteiger partial charge in [0.2, 0.25) is 0 Å². The minimum absolute atomic E-state index is 0.0946. The standard InChI is InChI=1S/C16H21NO4/c1-19-8-2-7-17-15(18)12-3-4-13-14(9-12)21-11-16(5-6-16)10-20-13/h3-4,9H,2,5-8,10-11H2,1H3,(H,17,18). The summed E-state index contributed by atoms with van der Waals surface area (Å²) < 4.78 is 16.6. The normalized spacial score (nSPS) is 18.1. The highest BCUT2D eigenvalue weighted by atomic mass is 16.5. The van der Waals surface area contributed by atoms with E-state index in [9.17, 15) is 4.79 Å². The van der Waals surface area contributed by atoms with Crippen LogP contribution in [0.1, 0.15) is 29.6 Å². The molecule has 0 radical (unpaired) electrons. The molecule has 1 saturated carbocycles. The molecule has 5 nitrogen and oxygen atoms in total. The van der Waals surface area contributed by atoms with E-state index in [2.05, 4.69) is 5.32 Å². The van der Waals surface area contributed by atoms with Gasteiger partial charge in [-0.2, -0.15) is 0 Å². The number of benzene rings is 1. The summed E-state index contributed by atoms with van der Waals surface area (Å²) >= 11 is 0. The minimum atomic E-state index is -0.0946. The first-order valence-electron chi connectivity index (χ1n) is 7.39. The molecule has 1 fully saturated rings. The van der Waals surface area contributed by atoms with E-state index in [1.165, 1.54) is 0 Å². The Bertz CT molecular complexity index is 525. The zero-order valence-corrected chi connectivity index (χ0v) is 12.3. The lowest BCUT2D eigenvalue weighted by Gasteiger charge is -2.09. The maximum Gasteiger partial charge on any atom is 0.251 e. The van der Waals surface area contributed by atoms with E-state index in [1.807, 2.05) is 6.07 Å². The van der Waals surface area contributed by atoms with Crippen molar-refractivity contribution < 1.29 is 19.0 Å². The predicted molar refractivity (Wildman–Crippen MR) is 77.9 cm³/mol. The Labute approximate surface area is 124 Å². The molecule has 1 N–H and O–H groups in total. The van der Waals surface area contributed by atoms with Crippen molar-refractivity contribution in [3.8, 4) is 11.5 Å². The van der Waals surface area contributed by atoms with Gasteiger partial charge >= 0.3 is 0 Å². The number of carbonyl (C=O) groups excluding carboxylic acids is 1. The molecular formula is C16H21NO4. The zero-order valence-electron chi connectivity index (χ0n) is 12.3. The van der Waals surface area contributed by atoms with Crippen LogP contribution in [-0.4, -0.2) is 39.4 Å². The van der Waals surface area contributed by atoms with E-state index >= 15 is 0 Å². The molecular weight excluding hydrogens is 270 g/mol. The van der Waals surface area contributed by atoms with Gasteiger partial charge in [-0.25, -0.2) is 0 Å².